The van der Waals surface area contributed by atoms with Crippen LogP contribution in [0.5, 0.6) is 5.75 Å². The molecular weight excluding hydrogens is 264 g/mol. The largest absolute Gasteiger partial charge is 0.497 e. The summed E-state index contributed by atoms with van der Waals surface area (Å²) < 4.78 is 5.16. The number of nitrogens with zero attached hydrogens (tertiary/aromatic N) is 1. The first-order valence-electron chi connectivity index (χ1n) is 6.97. The van der Waals surface area contributed by atoms with Gasteiger partial charge >= 0.3 is 0 Å². The van der Waals surface area contributed by atoms with Crippen LogP contribution >= 0.6 is 0 Å². The highest BCUT2D eigenvalue weighted by Crippen LogP contribution is 2.25. The van der Waals surface area contributed by atoms with Gasteiger partial charge < -0.3 is 10.1 Å². The van der Waals surface area contributed by atoms with Gasteiger partial charge in [-0.1, -0.05) is 18.2 Å². The first-order valence-corrected chi connectivity index (χ1v) is 6.97. The molecule has 4 nitrogen and oxygen atoms in total. The van der Waals surface area contributed by atoms with Gasteiger partial charge in [0, 0.05) is 12.2 Å². The van der Waals surface area contributed by atoms with Crippen LogP contribution in [-0.2, 0) is 4.79 Å². The molecule has 1 atom stereocenters. The molecule has 1 amide bonds. The summed E-state index contributed by atoms with van der Waals surface area (Å²) in [6.45, 7) is 3.89. The van der Waals surface area contributed by atoms with E-state index in [0.717, 1.165) is 17.0 Å². The Morgan fingerprint density at radius 3 is 2.38 bits per heavy atom. The molecule has 2 rings (SSSR count). The van der Waals surface area contributed by atoms with Gasteiger partial charge in [-0.3, -0.25) is 9.78 Å². The van der Waals surface area contributed by atoms with E-state index < -0.39 is 5.92 Å². The van der Waals surface area contributed by atoms with Crippen LogP contribution in [0.1, 0.15) is 31.0 Å². The zero-order valence-corrected chi connectivity index (χ0v) is 12.5. The van der Waals surface area contributed by atoms with Gasteiger partial charge in [0.25, 0.3) is 0 Å². The fourth-order valence-corrected chi connectivity index (χ4v) is 2.17. The molecular formula is C17H20N2O2. The number of amides is 1. The van der Waals surface area contributed by atoms with Crippen LogP contribution < -0.4 is 10.1 Å². The van der Waals surface area contributed by atoms with Crippen molar-refractivity contribution in [1.82, 2.24) is 10.3 Å². The standard InChI is InChI=1S/C17H20N2O2/c1-12(2)19-17(20)16(15-6-4-5-11-18-15)13-7-9-14(21-3)10-8-13/h4-12,16H,1-3H3,(H,19,20). The lowest BCUT2D eigenvalue weighted by Crippen LogP contribution is -2.35. The lowest BCUT2D eigenvalue weighted by Gasteiger charge is -2.18. The zero-order chi connectivity index (χ0) is 15.2. The minimum Gasteiger partial charge on any atom is -0.497 e. The number of carbonyl (C=O) groups excluding carboxylic acids is 1. The van der Waals surface area contributed by atoms with E-state index in [9.17, 15) is 4.79 Å². The fourth-order valence-electron chi connectivity index (χ4n) is 2.17. The number of ether oxygens (including phenoxy) is 1. The monoisotopic (exact) mass is 284 g/mol. The summed E-state index contributed by atoms with van der Waals surface area (Å²) >= 11 is 0. The van der Waals surface area contributed by atoms with Crippen LogP contribution in [-0.4, -0.2) is 24.0 Å². The molecule has 1 aromatic carbocycles. The highest BCUT2D eigenvalue weighted by Gasteiger charge is 2.24. The molecule has 1 N–H and O–H groups in total. The molecule has 110 valence electrons. The van der Waals surface area contributed by atoms with Crippen molar-refractivity contribution in [1.29, 1.82) is 0 Å². The van der Waals surface area contributed by atoms with E-state index >= 15 is 0 Å². The molecule has 1 aromatic heterocycles. The topological polar surface area (TPSA) is 51.2 Å². The minimum absolute atomic E-state index is 0.0473. The Balaban J connectivity index is 2.37. The van der Waals surface area contributed by atoms with Gasteiger partial charge in [0.1, 0.15) is 11.7 Å². The van der Waals surface area contributed by atoms with E-state index in [0.29, 0.717) is 0 Å². The molecule has 0 saturated carbocycles. The second kappa shape index (κ2) is 6.88. The molecule has 0 aliphatic carbocycles. The fraction of sp³-hybridized carbons (Fsp3) is 0.294. The van der Waals surface area contributed by atoms with Gasteiger partial charge in [0.2, 0.25) is 5.91 Å². The van der Waals surface area contributed by atoms with Crippen molar-refractivity contribution in [2.45, 2.75) is 25.8 Å². The second-order valence-electron chi connectivity index (χ2n) is 5.12. The molecule has 0 saturated heterocycles. The highest BCUT2D eigenvalue weighted by molar-refractivity contribution is 5.86. The molecule has 0 bridgehead atoms. The predicted molar refractivity (Wildman–Crippen MR) is 82.4 cm³/mol. The Bertz CT molecular complexity index is 579. The average Bonchev–Trinajstić information content (AvgIpc) is 2.48. The van der Waals surface area contributed by atoms with Crippen LogP contribution in [0.2, 0.25) is 0 Å². The van der Waals surface area contributed by atoms with E-state index in [1.165, 1.54) is 0 Å². The summed E-state index contributed by atoms with van der Waals surface area (Å²) in [4.78, 5) is 16.9. The lowest BCUT2D eigenvalue weighted by molar-refractivity contribution is -0.122. The van der Waals surface area contributed by atoms with Crippen LogP contribution in [0.3, 0.4) is 0 Å². The number of aromatic nitrogens is 1. The maximum atomic E-state index is 12.5. The average molecular weight is 284 g/mol. The Kier molecular flexibility index (Phi) is 4.93. The summed E-state index contributed by atoms with van der Waals surface area (Å²) in [5.74, 6) is 0.302. The molecule has 21 heavy (non-hydrogen) atoms. The molecule has 4 heteroatoms. The predicted octanol–water partition coefficient (Wildman–Crippen LogP) is 2.75. The third-order valence-electron chi connectivity index (χ3n) is 3.13. The van der Waals surface area contributed by atoms with Crippen molar-refractivity contribution < 1.29 is 9.53 Å². The molecule has 0 radical (unpaired) electrons. The molecule has 1 heterocycles. The van der Waals surface area contributed by atoms with E-state index in [1.54, 1.807) is 13.3 Å². The van der Waals surface area contributed by atoms with Crippen LogP contribution in [0.4, 0.5) is 0 Å². The maximum absolute atomic E-state index is 12.5. The molecule has 0 fully saturated rings. The molecule has 0 aliphatic heterocycles. The van der Waals surface area contributed by atoms with Crippen molar-refractivity contribution in [2.24, 2.45) is 0 Å². The smallest absolute Gasteiger partial charge is 0.233 e. The minimum atomic E-state index is -0.417. The number of carbonyl (C=O) groups is 1. The third-order valence-corrected chi connectivity index (χ3v) is 3.13. The Morgan fingerprint density at radius 1 is 1.14 bits per heavy atom. The SMILES string of the molecule is COc1ccc(C(C(=O)NC(C)C)c2ccccn2)cc1. The second-order valence-corrected chi connectivity index (χ2v) is 5.12. The Hall–Kier alpha value is -2.36. The summed E-state index contributed by atoms with van der Waals surface area (Å²) in [6, 6.07) is 13.2. The molecule has 2 aromatic rings. The van der Waals surface area contributed by atoms with Gasteiger partial charge in [-0.05, 0) is 43.7 Å². The number of benzene rings is 1. The molecule has 0 spiro atoms. The van der Waals surface area contributed by atoms with E-state index in [2.05, 4.69) is 10.3 Å². The quantitative estimate of drug-likeness (QED) is 0.918. The van der Waals surface area contributed by atoms with Crippen molar-refractivity contribution in [3.05, 3.63) is 59.9 Å². The molecule has 0 aliphatic rings. The van der Waals surface area contributed by atoms with E-state index in [4.69, 9.17) is 4.74 Å². The number of hydrogen-bond acceptors (Lipinski definition) is 3. The lowest BCUT2D eigenvalue weighted by atomic mass is 9.94. The number of rotatable bonds is 5. The highest BCUT2D eigenvalue weighted by atomic mass is 16.5. The Labute approximate surface area is 125 Å². The summed E-state index contributed by atoms with van der Waals surface area (Å²) in [5.41, 5.74) is 1.63. The summed E-state index contributed by atoms with van der Waals surface area (Å²) in [6.07, 6.45) is 1.70. The van der Waals surface area contributed by atoms with Crippen LogP contribution in [0.15, 0.2) is 48.7 Å². The maximum Gasteiger partial charge on any atom is 0.233 e. The van der Waals surface area contributed by atoms with Crippen molar-refractivity contribution in [2.75, 3.05) is 7.11 Å². The van der Waals surface area contributed by atoms with Crippen molar-refractivity contribution >= 4 is 5.91 Å². The Morgan fingerprint density at radius 2 is 1.86 bits per heavy atom. The third kappa shape index (κ3) is 3.81. The van der Waals surface area contributed by atoms with Crippen molar-refractivity contribution in [3.8, 4) is 5.75 Å². The van der Waals surface area contributed by atoms with Gasteiger partial charge in [0.05, 0.1) is 12.8 Å². The normalized spacial score (nSPS) is 12.0. The van der Waals surface area contributed by atoms with E-state index in [-0.39, 0.29) is 11.9 Å². The first kappa shape index (κ1) is 15.0. The zero-order valence-electron chi connectivity index (χ0n) is 12.5. The van der Waals surface area contributed by atoms with Crippen molar-refractivity contribution in [3.63, 3.8) is 0 Å². The first-order chi connectivity index (χ1) is 10.1. The number of methoxy groups -OCH3 is 1. The van der Waals surface area contributed by atoms with Gasteiger partial charge in [0.15, 0.2) is 0 Å². The van der Waals surface area contributed by atoms with E-state index in [1.807, 2.05) is 56.3 Å². The number of hydrogen-bond donors (Lipinski definition) is 1. The van der Waals surface area contributed by atoms with Gasteiger partial charge in [-0.25, -0.2) is 0 Å². The summed E-state index contributed by atoms with van der Waals surface area (Å²) in [5, 5.41) is 2.96. The van der Waals surface area contributed by atoms with Gasteiger partial charge in [-0.15, -0.1) is 0 Å². The summed E-state index contributed by atoms with van der Waals surface area (Å²) in [7, 11) is 1.62. The van der Waals surface area contributed by atoms with Crippen LogP contribution in [0, 0.1) is 0 Å². The number of pyridine rings is 1. The van der Waals surface area contributed by atoms with Crippen LogP contribution in [0.25, 0.3) is 0 Å². The molecule has 1 unspecified atom stereocenters. The van der Waals surface area contributed by atoms with Gasteiger partial charge in [-0.2, -0.15) is 0 Å². The number of nitrogens with one attached hydrogen (secondary N) is 1.